The van der Waals surface area contributed by atoms with Gasteiger partial charge in [-0.05, 0) is 37.6 Å². The molecule has 0 fully saturated rings. The number of aromatic nitrogens is 4. The van der Waals surface area contributed by atoms with E-state index in [2.05, 4.69) is 36.3 Å². The molecule has 0 unspecified atom stereocenters. The van der Waals surface area contributed by atoms with E-state index < -0.39 is 0 Å². The minimum atomic E-state index is -0.319. The molecule has 0 aliphatic carbocycles. The second-order valence-electron chi connectivity index (χ2n) is 4.98. The highest BCUT2D eigenvalue weighted by atomic mass is 79.9. The number of hydrogen-bond acceptors (Lipinski definition) is 4. The molecule has 7 heteroatoms. The molecule has 0 saturated carbocycles. The van der Waals surface area contributed by atoms with Crippen molar-refractivity contribution in [3.05, 3.63) is 58.1 Å². The first-order valence-electron chi connectivity index (χ1n) is 6.79. The van der Waals surface area contributed by atoms with Crippen LogP contribution in [-0.2, 0) is 0 Å². The Bertz CT molecular complexity index is 828. The second kappa shape index (κ2) is 5.84. The molecule has 2 aromatic heterocycles. The third kappa shape index (κ3) is 2.85. The fourth-order valence-corrected chi connectivity index (χ4v) is 2.36. The first-order valence-corrected chi connectivity index (χ1v) is 7.58. The number of carbonyl (C=O) groups is 1. The van der Waals surface area contributed by atoms with Crippen molar-refractivity contribution in [2.24, 2.45) is 0 Å². The SMILES string of the molecule is Cc1ccnc2nc(C(=O)N[C@H](C)c3ccc(Br)cc3)nn12. The zero-order valence-corrected chi connectivity index (χ0v) is 13.7. The molecule has 1 atom stereocenters. The molecule has 1 N–H and O–H groups in total. The molecule has 1 amide bonds. The van der Waals surface area contributed by atoms with E-state index in [1.807, 2.05) is 44.2 Å². The average Bonchev–Trinajstić information content (AvgIpc) is 2.93. The Morgan fingerprint density at radius 3 is 2.68 bits per heavy atom. The largest absolute Gasteiger partial charge is 0.343 e. The minimum Gasteiger partial charge on any atom is -0.343 e. The van der Waals surface area contributed by atoms with Gasteiger partial charge < -0.3 is 5.32 Å². The van der Waals surface area contributed by atoms with Crippen LogP contribution in [0.4, 0.5) is 0 Å². The summed E-state index contributed by atoms with van der Waals surface area (Å²) in [5.74, 6) is 0.215. The Hall–Kier alpha value is -2.28. The van der Waals surface area contributed by atoms with Gasteiger partial charge in [0.25, 0.3) is 11.7 Å². The van der Waals surface area contributed by atoms with Gasteiger partial charge in [0.2, 0.25) is 5.82 Å². The van der Waals surface area contributed by atoms with E-state index in [0.717, 1.165) is 15.7 Å². The van der Waals surface area contributed by atoms with Gasteiger partial charge in [-0.1, -0.05) is 28.1 Å². The molecule has 1 aromatic carbocycles. The number of carbonyl (C=O) groups excluding carboxylic acids is 1. The number of nitrogens with one attached hydrogen (secondary N) is 1. The lowest BCUT2D eigenvalue weighted by molar-refractivity contribution is 0.0929. The summed E-state index contributed by atoms with van der Waals surface area (Å²) in [4.78, 5) is 20.5. The molecule has 0 saturated heterocycles. The smallest absolute Gasteiger partial charge is 0.291 e. The lowest BCUT2D eigenvalue weighted by Gasteiger charge is -2.12. The summed E-state index contributed by atoms with van der Waals surface area (Å²) in [5, 5.41) is 7.09. The van der Waals surface area contributed by atoms with Crippen molar-refractivity contribution in [1.29, 1.82) is 0 Å². The molecule has 0 aliphatic heterocycles. The highest BCUT2D eigenvalue weighted by Gasteiger charge is 2.17. The zero-order chi connectivity index (χ0) is 15.7. The Morgan fingerprint density at radius 1 is 1.27 bits per heavy atom. The highest BCUT2D eigenvalue weighted by molar-refractivity contribution is 9.10. The van der Waals surface area contributed by atoms with E-state index >= 15 is 0 Å². The number of rotatable bonds is 3. The molecule has 0 aliphatic rings. The van der Waals surface area contributed by atoms with Gasteiger partial charge in [0.1, 0.15) is 0 Å². The fraction of sp³-hybridized carbons (Fsp3) is 0.200. The van der Waals surface area contributed by atoms with E-state index in [0.29, 0.717) is 5.78 Å². The van der Waals surface area contributed by atoms with Crippen molar-refractivity contribution >= 4 is 27.6 Å². The van der Waals surface area contributed by atoms with Gasteiger partial charge in [0.15, 0.2) is 0 Å². The van der Waals surface area contributed by atoms with Crippen molar-refractivity contribution in [1.82, 2.24) is 24.9 Å². The molecule has 112 valence electrons. The van der Waals surface area contributed by atoms with Gasteiger partial charge in [-0.15, -0.1) is 5.10 Å². The Kier molecular flexibility index (Phi) is 3.89. The fourth-order valence-electron chi connectivity index (χ4n) is 2.10. The molecule has 0 bridgehead atoms. The summed E-state index contributed by atoms with van der Waals surface area (Å²) >= 11 is 3.39. The maximum atomic E-state index is 12.3. The van der Waals surface area contributed by atoms with Crippen LogP contribution in [0.2, 0.25) is 0 Å². The summed E-state index contributed by atoms with van der Waals surface area (Å²) in [5.41, 5.74) is 1.88. The molecule has 0 spiro atoms. The summed E-state index contributed by atoms with van der Waals surface area (Å²) in [6.07, 6.45) is 1.64. The van der Waals surface area contributed by atoms with Crippen LogP contribution in [0.5, 0.6) is 0 Å². The van der Waals surface area contributed by atoms with Crippen LogP contribution in [0.3, 0.4) is 0 Å². The Balaban J connectivity index is 1.80. The van der Waals surface area contributed by atoms with Crippen molar-refractivity contribution in [2.45, 2.75) is 19.9 Å². The van der Waals surface area contributed by atoms with Gasteiger partial charge in [-0.3, -0.25) is 4.79 Å². The van der Waals surface area contributed by atoms with E-state index in [4.69, 9.17) is 0 Å². The quantitative estimate of drug-likeness (QED) is 0.780. The van der Waals surface area contributed by atoms with Gasteiger partial charge in [0, 0.05) is 16.4 Å². The monoisotopic (exact) mass is 359 g/mol. The first-order chi connectivity index (χ1) is 10.5. The molecular formula is C15H14BrN5O. The highest BCUT2D eigenvalue weighted by Crippen LogP contribution is 2.16. The molecule has 3 rings (SSSR count). The van der Waals surface area contributed by atoms with Crippen molar-refractivity contribution in [3.8, 4) is 0 Å². The average molecular weight is 360 g/mol. The number of benzene rings is 1. The van der Waals surface area contributed by atoms with Gasteiger partial charge in [-0.2, -0.15) is 4.98 Å². The second-order valence-corrected chi connectivity index (χ2v) is 5.90. The molecule has 6 nitrogen and oxygen atoms in total. The summed E-state index contributed by atoms with van der Waals surface area (Å²) < 4.78 is 2.55. The summed E-state index contributed by atoms with van der Waals surface area (Å²) in [6.45, 7) is 3.80. The molecule has 0 radical (unpaired) electrons. The normalized spacial score (nSPS) is 12.3. The zero-order valence-electron chi connectivity index (χ0n) is 12.1. The van der Waals surface area contributed by atoms with Crippen LogP contribution in [-0.4, -0.2) is 25.5 Å². The number of nitrogens with zero attached hydrogens (tertiary/aromatic N) is 4. The topological polar surface area (TPSA) is 72.2 Å². The minimum absolute atomic E-state index is 0.116. The third-order valence-electron chi connectivity index (χ3n) is 3.35. The summed E-state index contributed by atoms with van der Waals surface area (Å²) in [7, 11) is 0. The van der Waals surface area contributed by atoms with E-state index in [9.17, 15) is 4.79 Å². The number of hydrogen-bond donors (Lipinski definition) is 1. The maximum Gasteiger partial charge on any atom is 0.291 e. The van der Waals surface area contributed by atoms with Gasteiger partial charge in [-0.25, -0.2) is 9.50 Å². The Labute approximate surface area is 135 Å². The molecular weight excluding hydrogens is 346 g/mol. The molecule has 3 aromatic rings. The maximum absolute atomic E-state index is 12.3. The molecule has 2 heterocycles. The number of aryl methyl sites for hydroxylation is 1. The van der Waals surface area contributed by atoms with E-state index in [-0.39, 0.29) is 17.8 Å². The van der Waals surface area contributed by atoms with Crippen LogP contribution < -0.4 is 5.32 Å². The Morgan fingerprint density at radius 2 is 2.00 bits per heavy atom. The van der Waals surface area contributed by atoms with Gasteiger partial charge >= 0.3 is 0 Å². The number of halogens is 1. The van der Waals surface area contributed by atoms with Gasteiger partial charge in [0.05, 0.1) is 6.04 Å². The molecule has 22 heavy (non-hydrogen) atoms. The van der Waals surface area contributed by atoms with E-state index in [1.165, 1.54) is 0 Å². The first kappa shape index (κ1) is 14.6. The van der Waals surface area contributed by atoms with Crippen LogP contribution in [0.25, 0.3) is 5.78 Å². The standard InChI is InChI=1S/C15H14BrN5O/c1-9-7-8-17-15-19-13(20-21(9)15)14(22)18-10(2)11-3-5-12(16)6-4-11/h3-8,10H,1-2H3,(H,18,22)/t10-/m1/s1. The van der Waals surface area contributed by atoms with Crippen LogP contribution >= 0.6 is 15.9 Å². The summed E-state index contributed by atoms with van der Waals surface area (Å²) in [6, 6.07) is 9.47. The third-order valence-corrected chi connectivity index (χ3v) is 3.88. The predicted molar refractivity (Wildman–Crippen MR) is 85.5 cm³/mol. The number of amides is 1. The van der Waals surface area contributed by atoms with Crippen LogP contribution in [0, 0.1) is 6.92 Å². The van der Waals surface area contributed by atoms with Crippen molar-refractivity contribution < 1.29 is 4.79 Å². The van der Waals surface area contributed by atoms with E-state index in [1.54, 1.807) is 10.7 Å². The lowest BCUT2D eigenvalue weighted by Crippen LogP contribution is -2.27. The van der Waals surface area contributed by atoms with Crippen molar-refractivity contribution in [2.75, 3.05) is 0 Å². The van der Waals surface area contributed by atoms with Crippen LogP contribution in [0.1, 0.15) is 34.8 Å². The lowest BCUT2D eigenvalue weighted by atomic mass is 10.1. The predicted octanol–water partition coefficient (Wildman–Crippen LogP) is 2.69. The number of fused-ring (bicyclic) bond motifs is 1. The van der Waals surface area contributed by atoms with Crippen LogP contribution in [0.15, 0.2) is 41.0 Å². The van der Waals surface area contributed by atoms with Crippen molar-refractivity contribution in [3.63, 3.8) is 0 Å².